The molecule has 1 amide bonds. The molecule has 6 nitrogen and oxygen atoms in total. The van der Waals surface area contributed by atoms with Gasteiger partial charge in [-0.05, 0) is 38.5 Å². The molecule has 7 N–H and O–H groups in total. The maximum atomic E-state index is 11.2. The minimum Gasteiger partial charge on any atom is -0.369 e. The number of primary amides is 1. The lowest BCUT2D eigenvalue weighted by Gasteiger charge is -2.46. The van der Waals surface area contributed by atoms with Crippen LogP contribution >= 0.6 is 0 Å². The van der Waals surface area contributed by atoms with Crippen LogP contribution < -0.4 is 27.4 Å². The van der Waals surface area contributed by atoms with Gasteiger partial charge >= 0.3 is 0 Å². The Hall–Kier alpha value is -0.690. The van der Waals surface area contributed by atoms with E-state index in [1.807, 2.05) is 0 Å². The monoisotopic (exact) mass is 295 g/mol. The minimum absolute atomic E-state index is 0.0697. The van der Waals surface area contributed by atoms with Crippen LogP contribution in [-0.4, -0.2) is 30.4 Å². The van der Waals surface area contributed by atoms with Crippen LogP contribution in [0, 0.1) is 11.8 Å². The second-order valence-corrected chi connectivity index (χ2v) is 6.96. The van der Waals surface area contributed by atoms with Crippen molar-refractivity contribution in [1.29, 1.82) is 0 Å². The molecule has 1 heterocycles. The molecular formula is C15H29N5O. The van der Waals surface area contributed by atoms with Gasteiger partial charge in [0.1, 0.15) is 6.29 Å². The lowest BCUT2D eigenvalue weighted by molar-refractivity contribution is -0.122. The molecule has 1 aliphatic heterocycles. The molecule has 2 aliphatic carbocycles. The first kappa shape index (κ1) is 15.2. The Morgan fingerprint density at radius 2 is 1.71 bits per heavy atom. The van der Waals surface area contributed by atoms with Crippen molar-refractivity contribution >= 4 is 5.91 Å². The molecule has 0 aromatic rings. The number of carbonyl (C=O) groups is 1. The van der Waals surface area contributed by atoms with Gasteiger partial charge in [-0.15, -0.1) is 0 Å². The fourth-order valence-corrected chi connectivity index (χ4v) is 4.25. The van der Waals surface area contributed by atoms with Crippen LogP contribution in [0.1, 0.15) is 51.4 Å². The van der Waals surface area contributed by atoms with Crippen LogP contribution in [0.2, 0.25) is 0 Å². The summed E-state index contributed by atoms with van der Waals surface area (Å²) in [5.74, 6) is 0.483. The average molecular weight is 295 g/mol. The summed E-state index contributed by atoms with van der Waals surface area (Å²) in [7, 11) is 0. The highest BCUT2D eigenvalue weighted by Gasteiger charge is 2.37. The Morgan fingerprint density at radius 1 is 1.00 bits per heavy atom. The number of hydrogen-bond acceptors (Lipinski definition) is 5. The first-order valence-electron chi connectivity index (χ1n) is 8.46. The van der Waals surface area contributed by atoms with Crippen molar-refractivity contribution in [1.82, 2.24) is 16.0 Å². The van der Waals surface area contributed by atoms with E-state index in [9.17, 15) is 4.79 Å². The van der Waals surface area contributed by atoms with Crippen LogP contribution in [0.4, 0.5) is 0 Å². The normalized spacial score (nSPS) is 44.0. The van der Waals surface area contributed by atoms with Crippen LogP contribution in [0.15, 0.2) is 0 Å². The van der Waals surface area contributed by atoms with E-state index in [1.165, 1.54) is 25.7 Å². The number of rotatable bonds is 3. The summed E-state index contributed by atoms with van der Waals surface area (Å²) >= 11 is 0. The van der Waals surface area contributed by atoms with Crippen molar-refractivity contribution in [3.05, 3.63) is 0 Å². The third kappa shape index (κ3) is 3.56. The Balaban J connectivity index is 1.48. The zero-order valence-electron chi connectivity index (χ0n) is 12.7. The predicted octanol–water partition coefficient (Wildman–Crippen LogP) is -0.0599. The Bertz CT molecular complexity index is 369. The summed E-state index contributed by atoms with van der Waals surface area (Å²) in [5.41, 5.74) is 11.7. The second kappa shape index (κ2) is 6.60. The molecule has 0 aromatic heterocycles. The van der Waals surface area contributed by atoms with Crippen molar-refractivity contribution < 1.29 is 4.79 Å². The largest absolute Gasteiger partial charge is 0.369 e. The van der Waals surface area contributed by atoms with Gasteiger partial charge in [0.25, 0.3) is 0 Å². The molecule has 120 valence electrons. The third-order valence-corrected chi connectivity index (χ3v) is 5.55. The molecule has 0 spiro atoms. The van der Waals surface area contributed by atoms with Crippen molar-refractivity contribution in [3.8, 4) is 0 Å². The first-order valence-corrected chi connectivity index (χ1v) is 8.46. The summed E-state index contributed by atoms with van der Waals surface area (Å²) in [5, 5.41) is 10.8. The lowest BCUT2D eigenvalue weighted by Crippen LogP contribution is -2.71. The van der Waals surface area contributed by atoms with E-state index in [-0.39, 0.29) is 24.3 Å². The molecule has 6 heteroatoms. The van der Waals surface area contributed by atoms with E-state index >= 15 is 0 Å². The minimum atomic E-state index is -0.144. The standard InChI is InChI=1S/C15H29N5O/c16-13-11-3-1-2-4-12(11)19-15(20-13)18-10-7-5-9(6-8-10)14(17)21/h9-13,15,18-20H,1-8,16H2,(H2,17,21). The zero-order valence-corrected chi connectivity index (χ0v) is 12.7. The Morgan fingerprint density at radius 3 is 2.43 bits per heavy atom. The SMILES string of the molecule is NC(=O)C1CCC(NC2NC(N)C3CCCCC3N2)CC1. The van der Waals surface area contributed by atoms with Crippen LogP contribution in [0.3, 0.4) is 0 Å². The highest BCUT2D eigenvalue weighted by atomic mass is 16.1. The van der Waals surface area contributed by atoms with Crippen LogP contribution in [-0.2, 0) is 4.79 Å². The van der Waals surface area contributed by atoms with E-state index < -0.39 is 0 Å². The van der Waals surface area contributed by atoms with E-state index in [0.717, 1.165) is 25.7 Å². The second-order valence-electron chi connectivity index (χ2n) is 6.96. The molecule has 4 atom stereocenters. The predicted molar refractivity (Wildman–Crippen MR) is 81.9 cm³/mol. The van der Waals surface area contributed by atoms with Gasteiger partial charge in [-0.3, -0.25) is 20.7 Å². The summed E-state index contributed by atoms with van der Waals surface area (Å²) < 4.78 is 0. The zero-order chi connectivity index (χ0) is 14.8. The van der Waals surface area contributed by atoms with Crippen molar-refractivity contribution in [2.75, 3.05) is 0 Å². The summed E-state index contributed by atoms with van der Waals surface area (Å²) in [4.78, 5) is 11.2. The first-order chi connectivity index (χ1) is 10.1. The molecule has 0 radical (unpaired) electrons. The number of amides is 1. The van der Waals surface area contributed by atoms with Gasteiger partial charge in [0.05, 0.1) is 6.17 Å². The molecule has 0 aromatic carbocycles. The fourth-order valence-electron chi connectivity index (χ4n) is 4.25. The molecule has 3 fully saturated rings. The van der Waals surface area contributed by atoms with Crippen molar-refractivity contribution in [2.45, 2.75) is 75.9 Å². The van der Waals surface area contributed by atoms with Crippen LogP contribution in [0.5, 0.6) is 0 Å². The highest BCUT2D eigenvalue weighted by Crippen LogP contribution is 2.29. The molecule has 1 saturated heterocycles. The van der Waals surface area contributed by atoms with E-state index in [1.54, 1.807) is 0 Å². The summed E-state index contributed by atoms with van der Waals surface area (Å²) in [6.45, 7) is 0. The fraction of sp³-hybridized carbons (Fsp3) is 0.933. The molecule has 21 heavy (non-hydrogen) atoms. The number of nitrogens with two attached hydrogens (primary N) is 2. The van der Waals surface area contributed by atoms with E-state index in [4.69, 9.17) is 11.5 Å². The topological polar surface area (TPSA) is 105 Å². The molecule has 3 rings (SSSR count). The number of carbonyl (C=O) groups excluding carboxylic acids is 1. The Kier molecular flexibility index (Phi) is 4.78. The quantitative estimate of drug-likeness (QED) is 0.502. The maximum absolute atomic E-state index is 11.2. The summed E-state index contributed by atoms with van der Waals surface area (Å²) in [6, 6.07) is 0.979. The smallest absolute Gasteiger partial charge is 0.220 e. The van der Waals surface area contributed by atoms with Gasteiger partial charge in [-0.1, -0.05) is 12.8 Å². The van der Waals surface area contributed by atoms with Gasteiger partial charge in [0.2, 0.25) is 5.91 Å². The Labute approximate surface area is 126 Å². The van der Waals surface area contributed by atoms with E-state index in [2.05, 4.69) is 16.0 Å². The molecular weight excluding hydrogens is 266 g/mol. The molecule has 4 unspecified atom stereocenters. The average Bonchev–Trinajstić information content (AvgIpc) is 2.48. The highest BCUT2D eigenvalue weighted by molar-refractivity contribution is 5.76. The van der Waals surface area contributed by atoms with Crippen molar-refractivity contribution in [3.63, 3.8) is 0 Å². The van der Waals surface area contributed by atoms with E-state index in [0.29, 0.717) is 18.0 Å². The van der Waals surface area contributed by atoms with Gasteiger partial charge in [-0.2, -0.15) is 0 Å². The summed E-state index contributed by atoms with van der Waals surface area (Å²) in [6.07, 6.45) is 9.05. The van der Waals surface area contributed by atoms with Gasteiger partial charge < -0.3 is 11.5 Å². The van der Waals surface area contributed by atoms with Gasteiger partial charge in [0, 0.05) is 23.9 Å². The number of hydrogen-bond donors (Lipinski definition) is 5. The number of fused-ring (bicyclic) bond motifs is 1. The number of nitrogens with one attached hydrogen (secondary N) is 3. The third-order valence-electron chi connectivity index (χ3n) is 5.55. The molecule has 2 saturated carbocycles. The van der Waals surface area contributed by atoms with Gasteiger partial charge in [0.15, 0.2) is 0 Å². The molecule has 3 aliphatic rings. The van der Waals surface area contributed by atoms with Gasteiger partial charge in [-0.25, -0.2) is 0 Å². The van der Waals surface area contributed by atoms with Crippen LogP contribution in [0.25, 0.3) is 0 Å². The van der Waals surface area contributed by atoms with Crippen molar-refractivity contribution in [2.24, 2.45) is 23.3 Å². The molecule has 0 bridgehead atoms. The lowest BCUT2D eigenvalue weighted by atomic mass is 9.81. The maximum Gasteiger partial charge on any atom is 0.220 e.